The molecule has 0 spiro atoms. The van der Waals surface area contributed by atoms with Gasteiger partial charge in [-0.05, 0) is 6.07 Å². The molecule has 0 atom stereocenters. The minimum absolute atomic E-state index is 0.202. The van der Waals surface area contributed by atoms with Crippen molar-refractivity contribution in [2.75, 3.05) is 0 Å². The van der Waals surface area contributed by atoms with Crippen LogP contribution in [0.4, 0.5) is 0 Å². The van der Waals surface area contributed by atoms with Gasteiger partial charge in [-0.1, -0.05) is 6.07 Å². The third-order valence-corrected chi connectivity index (χ3v) is 1.72. The van der Waals surface area contributed by atoms with Crippen molar-refractivity contribution in [3.63, 3.8) is 0 Å². The first-order valence-electron chi connectivity index (χ1n) is 3.44. The quantitative estimate of drug-likeness (QED) is 0.815. The van der Waals surface area contributed by atoms with Gasteiger partial charge in [0.05, 0.1) is 0 Å². The zero-order valence-electron chi connectivity index (χ0n) is 6.32. The number of hydrogen-bond acceptors (Lipinski definition) is 4. The Morgan fingerprint density at radius 2 is 2.23 bits per heavy atom. The molecule has 0 aliphatic heterocycles. The average molecular weight is 242 g/mol. The summed E-state index contributed by atoms with van der Waals surface area (Å²) in [7, 11) is 0. The largest absolute Gasteiger partial charge is 0.409 e. The molecule has 0 saturated heterocycles. The minimum Gasteiger partial charge on any atom is -0.409 e. The van der Waals surface area contributed by atoms with Crippen LogP contribution < -0.4 is 5.56 Å². The number of aromatic amines is 1. The third-order valence-electron chi connectivity index (χ3n) is 1.40. The normalized spacial score (nSPS) is 10.2. The number of hydrogen-bond donors (Lipinski definition) is 1. The third kappa shape index (κ3) is 1.67. The van der Waals surface area contributed by atoms with Crippen LogP contribution in [0.3, 0.4) is 0 Å². The molecule has 0 amide bonds. The fourth-order valence-corrected chi connectivity index (χ4v) is 1.12. The molecule has 0 unspecified atom stereocenters. The zero-order chi connectivity index (χ0) is 9.26. The van der Waals surface area contributed by atoms with Crippen LogP contribution in [0.2, 0.25) is 0 Å². The second kappa shape index (κ2) is 3.14. The van der Waals surface area contributed by atoms with Crippen molar-refractivity contribution < 1.29 is 4.42 Å². The van der Waals surface area contributed by atoms with Gasteiger partial charge in [0, 0.05) is 22.0 Å². The Labute approximate surface area is 80.9 Å². The molecular formula is C7H4BrN3O2. The maximum absolute atomic E-state index is 10.9. The molecule has 0 aromatic carbocycles. The lowest BCUT2D eigenvalue weighted by Gasteiger charge is -1.91. The van der Waals surface area contributed by atoms with Crippen LogP contribution in [0.1, 0.15) is 0 Å². The van der Waals surface area contributed by atoms with Crippen LogP contribution >= 0.6 is 15.9 Å². The number of aromatic nitrogens is 3. The van der Waals surface area contributed by atoms with Gasteiger partial charge in [-0.2, -0.15) is 0 Å². The molecule has 5 nitrogen and oxygen atoms in total. The standard InChI is InChI=1S/C7H4BrN3O2/c8-7-11-10-6(13-7)4-2-1-3-5(12)9-4/h1-3H,(H,9,12). The van der Waals surface area contributed by atoms with Gasteiger partial charge in [-0.25, -0.2) is 0 Å². The van der Waals surface area contributed by atoms with Crippen molar-refractivity contribution >= 4 is 15.9 Å². The smallest absolute Gasteiger partial charge is 0.285 e. The van der Waals surface area contributed by atoms with Crippen molar-refractivity contribution in [3.05, 3.63) is 33.4 Å². The van der Waals surface area contributed by atoms with Crippen LogP contribution in [-0.4, -0.2) is 15.2 Å². The summed E-state index contributed by atoms with van der Waals surface area (Å²) in [6.07, 6.45) is 0. The fraction of sp³-hybridized carbons (Fsp3) is 0. The molecule has 0 saturated carbocycles. The lowest BCUT2D eigenvalue weighted by Crippen LogP contribution is -2.03. The van der Waals surface area contributed by atoms with E-state index >= 15 is 0 Å². The van der Waals surface area contributed by atoms with Crippen molar-refractivity contribution in [1.29, 1.82) is 0 Å². The van der Waals surface area contributed by atoms with Crippen LogP contribution in [0.25, 0.3) is 11.6 Å². The van der Waals surface area contributed by atoms with Crippen LogP contribution in [-0.2, 0) is 0 Å². The second-order valence-corrected chi connectivity index (χ2v) is 2.97. The second-order valence-electron chi connectivity index (χ2n) is 2.29. The number of rotatable bonds is 1. The first kappa shape index (κ1) is 8.18. The summed E-state index contributed by atoms with van der Waals surface area (Å²) in [5, 5.41) is 7.29. The fourth-order valence-electron chi connectivity index (χ4n) is 0.887. The van der Waals surface area contributed by atoms with Gasteiger partial charge < -0.3 is 9.40 Å². The van der Waals surface area contributed by atoms with Gasteiger partial charge in [-0.15, -0.1) is 10.2 Å². The summed E-state index contributed by atoms with van der Waals surface area (Å²) in [6.45, 7) is 0. The van der Waals surface area contributed by atoms with Crippen molar-refractivity contribution in [2.45, 2.75) is 0 Å². The van der Waals surface area contributed by atoms with E-state index in [1.807, 2.05) is 0 Å². The molecule has 6 heteroatoms. The number of halogens is 1. The van der Waals surface area contributed by atoms with Crippen molar-refractivity contribution in [2.24, 2.45) is 0 Å². The molecule has 2 aromatic rings. The van der Waals surface area contributed by atoms with Gasteiger partial charge in [-0.3, -0.25) is 4.79 Å². The van der Waals surface area contributed by atoms with Gasteiger partial charge in [0.25, 0.3) is 10.7 Å². The maximum Gasteiger partial charge on any atom is 0.285 e. The first-order valence-corrected chi connectivity index (χ1v) is 4.24. The highest BCUT2D eigenvalue weighted by molar-refractivity contribution is 9.10. The Hall–Kier alpha value is -1.43. The van der Waals surface area contributed by atoms with Crippen molar-refractivity contribution in [1.82, 2.24) is 15.2 Å². The zero-order valence-corrected chi connectivity index (χ0v) is 7.91. The Morgan fingerprint density at radius 3 is 2.85 bits per heavy atom. The van der Waals surface area contributed by atoms with E-state index in [0.717, 1.165) is 0 Å². The summed E-state index contributed by atoms with van der Waals surface area (Å²) in [6, 6.07) is 4.71. The molecule has 0 radical (unpaired) electrons. The van der Waals surface area contributed by atoms with Gasteiger partial charge in [0.2, 0.25) is 5.56 Å². The molecule has 2 aromatic heterocycles. The van der Waals surface area contributed by atoms with E-state index in [1.54, 1.807) is 12.1 Å². The topological polar surface area (TPSA) is 71.8 Å². The molecule has 1 N–H and O–H groups in total. The monoisotopic (exact) mass is 241 g/mol. The van der Waals surface area contributed by atoms with E-state index in [2.05, 4.69) is 31.1 Å². The number of H-pyrrole nitrogens is 1. The van der Waals surface area contributed by atoms with Crippen LogP contribution in [0.5, 0.6) is 0 Å². The number of nitrogens with one attached hydrogen (secondary N) is 1. The molecular weight excluding hydrogens is 238 g/mol. The van der Waals surface area contributed by atoms with Crippen molar-refractivity contribution in [3.8, 4) is 11.6 Å². The van der Waals surface area contributed by atoms with Crippen LogP contribution in [0.15, 0.2) is 32.2 Å². The van der Waals surface area contributed by atoms with E-state index in [4.69, 9.17) is 4.42 Å². The highest BCUT2D eigenvalue weighted by Crippen LogP contribution is 2.15. The Kier molecular flexibility index (Phi) is 1.97. The number of nitrogens with zero attached hydrogens (tertiary/aromatic N) is 2. The summed E-state index contributed by atoms with van der Waals surface area (Å²) >= 11 is 3.02. The molecule has 2 rings (SSSR count). The van der Waals surface area contributed by atoms with E-state index in [1.165, 1.54) is 6.07 Å². The van der Waals surface area contributed by atoms with Gasteiger partial charge >= 0.3 is 0 Å². The Balaban J connectivity index is 2.52. The average Bonchev–Trinajstić information content (AvgIpc) is 2.52. The molecule has 0 bridgehead atoms. The maximum atomic E-state index is 10.9. The first-order chi connectivity index (χ1) is 6.25. The Morgan fingerprint density at radius 1 is 1.38 bits per heavy atom. The van der Waals surface area contributed by atoms with Gasteiger partial charge in [0.1, 0.15) is 5.69 Å². The summed E-state index contributed by atoms with van der Waals surface area (Å²) in [5.74, 6) is 0.282. The molecule has 0 aliphatic carbocycles. The lowest BCUT2D eigenvalue weighted by atomic mass is 10.3. The molecule has 0 aliphatic rings. The molecule has 13 heavy (non-hydrogen) atoms. The molecule has 2 heterocycles. The van der Waals surface area contributed by atoms with E-state index in [9.17, 15) is 4.79 Å². The van der Waals surface area contributed by atoms with Crippen LogP contribution in [0, 0.1) is 0 Å². The molecule has 66 valence electrons. The minimum atomic E-state index is -0.202. The predicted octanol–water partition coefficient (Wildman–Crippen LogP) is 1.19. The Bertz CT molecular complexity index is 476. The summed E-state index contributed by atoms with van der Waals surface area (Å²) in [4.78, 5) is 13.8. The van der Waals surface area contributed by atoms with Gasteiger partial charge in [0.15, 0.2) is 0 Å². The summed E-state index contributed by atoms with van der Waals surface area (Å²) in [5.41, 5.74) is 0.303. The molecule has 0 fully saturated rings. The van der Waals surface area contributed by atoms with E-state index in [0.29, 0.717) is 5.69 Å². The highest BCUT2D eigenvalue weighted by Gasteiger charge is 2.05. The highest BCUT2D eigenvalue weighted by atomic mass is 79.9. The number of pyridine rings is 1. The lowest BCUT2D eigenvalue weighted by molar-refractivity contribution is 0.538. The SMILES string of the molecule is O=c1cccc(-c2nnc(Br)o2)[nH]1. The van der Waals surface area contributed by atoms with E-state index < -0.39 is 0 Å². The predicted molar refractivity (Wildman–Crippen MR) is 48.1 cm³/mol. The summed E-state index contributed by atoms with van der Waals surface area (Å²) < 4.78 is 5.05. The van der Waals surface area contributed by atoms with E-state index in [-0.39, 0.29) is 16.2 Å².